The Morgan fingerprint density at radius 2 is 1.80 bits per heavy atom. The quantitative estimate of drug-likeness (QED) is 0.510. The van der Waals surface area contributed by atoms with E-state index in [2.05, 4.69) is 30.9 Å². The third-order valence-electron chi connectivity index (χ3n) is 4.85. The largest absolute Gasteiger partial charge is 0.497 e. The van der Waals surface area contributed by atoms with Crippen molar-refractivity contribution in [1.29, 1.82) is 0 Å². The van der Waals surface area contributed by atoms with E-state index in [0.29, 0.717) is 18.0 Å². The first-order chi connectivity index (χ1) is 14.4. The van der Waals surface area contributed by atoms with Crippen LogP contribution in [0.5, 0.6) is 11.5 Å². The molecule has 0 saturated heterocycles. The molecule has 1 aromatic heterocycles. The van der Waals surface area contributed by atoms with Gasteiger partial charge in [0.05, 0.1) is 17.3 Å². The molecule has 6 nitrogen and oxygen atoms in total. The summed E-state index contributed by atoms with van der Waals surface area (Å²) >= 11 is 1.57. The molecule has 1 amide bonds. The van der Waals surface area contributed by atoms with Crippen molar-refractivity contribution in [3.63, 3.8) is 0 Å². The maximum Gasteiger partial charge on any atom is 0.266 e. The van der Waals surface area contributed by atoms with Crippen LogP contribution in [0.4, 0.5) is 5.13 Å². The minimum Gasteiger partial charge on any atom is -0.497 e. The molecule has 2 aromatic carbocycles. The molecular weight excluding hydrogens is 398 g/mol. The van der Waals surface area contributed by atoms with Gasteiger partial charge in [0.25, 0.3) is 5.91 Å². The van der Waals surface area contributed by atoms with Crippen molar-refractivity contribution in [2.24, 2.45) is 0 Å². The first-order valence-corrected chi connectivity index (χ1v) is 10.8. The van der Waals surface area contributed by atoms with Gasteiger partial charge in [-0.1, -0.05) is 29.5 Å². The van der Waals surface area contributed by atoms with Gasteiger partial charge in [0, 0.05) is 12.6 Å². The number of anilines is 1. The molecule has 7 heteroatoms. The van der Waals surface area contributed by atoms with Gasteiger partial charge in [0.15, 0.2) is 11.7 Å². The van der Waals surface area contributed by atoms with Crippen LogP contribution in [0.2, 0.25) is 0 Å². The highest BCUT2D eigenvalue weighted by molar-refractivity contribution is 7.22. The zero-order valence-corrected chi connectivity index (χ0v) is 19.1. The Bertz CT molecular complexity index is 977. The zero-order chi connectivity index (χ0) is 21.7. The Morgan fingerprint density at radius 1 is 1.07 bits per heavy atom. The molecule has 3 aromatic rings. The number of aryl methyl sites for hydroxylation is 2. The summed E-state index contributed by atoms with van der Waals surface area (Å²) in [6, 6.07) is 11.4. The number of hydrogen-bond donors (Lipinski definition) is 0. The molecule has 0 bridgehead atoms. The summed E-state index contributed by atoms with van der Waals surface area (Å²) < 4.78 is 12.1. The summed E-state index contributed by atoms with van der Waals surface area (Å²) in [6.45, 7) is 5.56. The standard InChI is InChI=1S/C23H29N3O3S/c1-16-10-11-17(2)22-21(16)24-23(30-22)26(13-7-12-25(3)4)20(27)15-29-19-9-6-8-18(14-19)28-5/h6,8-11,14H,7,12-13,15H2,1-5H3. The number of methoxy groups -OCH3 is 1. The SMILES string of the molecule is COc1cccc(OCC(=O)N(CCCN(C)C)c2nc3c(C)ccc(C)c3s2)c1. The van der Waals surface area contributed by atoms with E-state index < -0.39 is 0 Å². The van der Waals surface area contributed by atoms with E-state index >= 15 is 0 Å². The molecule has 0 aliphatic carbocycles. The number of amides is 1. The van der Waals surface area contributed by atoms with Crippen molar-refractivity contribution in [3.05, 3.63) is 47.5 Å². The highest BCUT2D eigenvalue weighted by Crippen LogP contribution is 2.33. The summed E-state index contributed by atoms with van der Waals surface area (Å²) in [5.74, 6) is 1.19. The van der Waals surface area contributed by atoms with Crippen LogP contribution in [0.1, 0.15) is 17.5 Å². The molecule has 0 atom stereocenters. The lowest BCUT2D eigenvalue weighted by atomic mass is 10.1. The maximum atomic E-state index is 13.1. The summed E-state index contributed by atoms with van der Waals surface area (Å²) in [5.41, 5.74) is 3.26. The molecule has 1 heterocycles. The minimum absolute atomic E-state index is 0.0526. The normalized spacial score (nSPS) is 11.1. The second-order valence-corrected chi connectivity index (χ2v) is 8.52. The predicted molar refractivity (Wildman–Crippen MR) is 123 cm³/mol. The zero-order valence-electron chi connectivity index (χ0n) is 18.3. The van der Waals surface area contributed by atoms with E-state index in [-0.39, 0.29) is 12.5 Å². The highest BCUT2D eigenvalue weighted by atomic mass is 32.1. The van der Waals surface area contributed by atoms with Gasteiger partial charge in [-0.25, -0.2) is 4.98 Å². The van der Waals surface area contributed by atoms with Gasteiger partial charge >= 0.3 is 0 Å². The van der Waals surface area contributed by atoms with Gasteiger partial charge in [0.1, 0.15) is 11.5 Å². The average molecular weight is 428 g/mol. The van der Waals surface area contributed by atoms with Gasteiger partial charge < -0.3 is 14.4 Å². The second kappa shape index (κ2) is 9.91. The third-order valence-corrected chi connectivity index (χ3v) is 6.07. The second-order valence-electron chi connectivity index (χ2n) is 7.54. The van der Waals surface area contributed by atoms with Crippen LogP contribution in [0.3, 0.4) is 0 Å². The third kappa shape index (κ3) is 5.29. The van der Waals surface area contributed by atoms with Crippen molar-refractivity contribution in [2.45, 2.75) is 20.3 Å². The minimum atomic E-state index is -0.106. The smallest absolute Gasteiger partial charge is 0.266 e. The van der Waals surface area contributed by atoms with Crippen LogP contribution in [-0.2, 0) is 4.79 Å². The first kappa shape index (κ1) is 22.1. The lowest BCUT2D eigenvalue weighted by molar-refractivity contribution is -0.120. The van der Waals surface area contributed by atoms with E-state index in [4.69, 9.17) is 14.5 Å². The topological polar surface area (TPSA) is 54.9 Å². The molecular formula is C23H29N3O3S. The maximum absolute atomic E-state index is 13.1. The van der Waals surface area contributed by atoms with Crippen LogP contribution >= 0.6 is 11.3 Å². The lowest BCUT2D eigenvalue weighted by Crippen LogP contribution is -2.36. The summed E-state index contributed by atoms with van der Waals surface area (Å²) in [6.07, 6.45) is 0.853. The van der Waals surface area contributed by atoms with Gasteiger partial charge in [-0.05, 0) is 64.2 Å². The summed E-state index contributed by atoms with van der Waals surface area (Å²) in [5, 5.41) is 0.723. The Kier molecular flexibility index (Phi) is 7.29. The van der Waals surface area contributed by atoms with Crippen molar-refractivity contribution in [3.8, 4) is 11.5 Å². The average Bonchev–Trinajstić information content (AvgIpc) is 3.18. The van der Waals surface area contributed by atoms with E-state index in [1.54, 1.807) is 29.4 Å². The number of nitrogens with zero attached hydrogens (tertiary/aromatic N) is 3. The van der Waals surface area contributed by atoms with Crippen LogP contribution in [-0.4, -0.2) is 56.7 Å². The fourth-order valence-electron chi connectivity index (χ4n) is 3.15. The number of aromatic nitrogens is 1. The molecule has 0 saturated carbocycles. The molecule has 0 radical (unpaired) electrons. The number of thiazole rings is 1. The van der Waals surface area contributed by atoms with Gasteiger partial charge in [-0.3, -0.25) is 9.69 Å². The number of fused-ring (bicyclic) bond motifs is 1. The Labute approximate surface area is 182 Å². The van der Waals surface area contributed by atoms with Crippen molar-refractivity contribution in [1.82, 2.24) is 9.88 Å². The molecule has 0 N–H and O–H groups in total. The number of benzene rings is 2. The lowest BCUT2D eigenvalue weighted by Gasteiger charge is -2.21. The van der Waals surface area contributed by atoms with E-state index in [1.807, 2.05) is 32.3 Å². The van der Waals surface area contributed by atoms with Crippen LogP contribution < -0.4 is 14.4 Å². The Balaban J connectivity index is 1.81. The summed E-state index contributed by atoms with van der Waals surface area (Å²) in [4.78, 5) is 21.8. The van der Waals surface area contributed by atoms with Crippen LogP contribution in [0.25, 0.3) is 10.2 Å². The van der Waals surface area contributed by atoms with Crippen molar-refractivity contribution in [2.75, 3.05) is 45.8 Å². The number of ether oxygens (including phenoxy) is 2. The molecule has 0 aliphatic rings. The molecule has 30 heavy (non-hydrogen) atoms. The predicted octanol–water partition coefficient (Wildman–Crippen LogP) is 4.29. The van der Waals surface area contributed by atoms with E-state index in [0.717, 1.165) is 33.9 Å². The van der Waals surface area contributed by atoms with Crippen molar-refractivity contribution < 1.29 is 14.3 Å². The molecule has 0 spiro atoms. The number of hydrogen-bond acceptors (Lipinski definition) is 6. The fraction of sp³-hybridized carbons (Fsp3) is 0.391. The first-order valence-electron chi connectivity index (χ1n) is 9.97. The monoisotopic (exact) mass is 427 g/mol. The number of rotatable bonds is 9. The molecule has 160 valence electrons. The van der Waals surface area contributed by atoms with Crippen LogP contribution in [0, 0.1) is 13.8 Å². The van der Waals surface area contributed by atoms with Crippen molar-refractivity contribution >= 4 is 32.6 Å². The van der Waals surface area contributed by atoms with E-state index in [9.17, 15) is 4.79 Å². The molecule has 0 aliphatic heterocycles. The van der Waals surface area contributed by atoms with Crippen LogP contribution in [0.15, 0.2) is 36.4 Å². The molecule has 3 rings (SSSR count). The Morgan fingerprint density at radius 3 is 2.50 bits per heavy atom. The Hall–Kier alpha value is -2.64. The molecule has 0 fully saturated rings. The molecule has 0 unspecified atom stereocenters. The van der Waals surface area contributed by atoms with Gasteiger partial charge in [0.2, 0.25) is 0 Å². The number of carbonyl (C=O) groups is 1. The summed E-state index contributed by atoms with van der Waals surface area (Å²) in [7, 11) is 5.67. The van der Waals surface area contributed by atoms with E-state index in [1.165, 1.54) is 5.56 Å². The highest BCUT2D eigenvalue weighted by Gasteiger charge is 2.21. The van der Waals surface area contributed by atoms with Gasteiger partial charge in [-0.15, -0.1) is 0 Å². The number of carbonyl (C=O) groups excluding carboxylic acids is 1. The fourth-order valence-corrected chi connectivity index (χ4v) is 4.30. The van der Waals surface area contributed by atoms with Gasteiger partial charge in [-0.2, -0.15) is 0 Å².